The van der Waals surface area contributed by atoms with Gasteiger partial charge < -0.3 is 9.64 Å². The Labute approximate surface area is 116 Å². The van der Waals surface area contributed by atoms with Crippen LogP contribution in [0.2, 0.25) is 0 Å². The van der Waals surface area contributed by atoms with Gasteiger partial charge in [0.1, 0.15) is 5.82 Å². The van der Waals surface area contributed by atoms with E-state index >= 15 is 0 Å². The Kier molecular flexibility index (Phi) is 4.77. The van der Waals surface area contributed by atoms with Gasteiger partial charge in [0.15, 0.2) is 0 Å². The summed E-state index contributed by atoms with van der Waals surface area (Å²) in [4.78, 5) is 9.55. The maximum atomic E-state index is 5.20. The molecular formula is C15H25N3O. The van der Waals surface area contributed by atoms with Crippen LogP contribution >= 0.6 is 0 Å². The van der Waals surface area contributed by atoms with Crippen molar-refractivity contribution in [3.05, 3.63) is 23.9 Å². The number of piperazine rings is 1. The van der Waals surface area contributed by atoms with Crippen molar-refractivity contribution in [2.45, 2.75) is 32.9 Å². The Morgan fingerprint density at radius 3 is 2.53 bits per heavy atom. The van der Waals surface area contributed by atoms with Crippen molar-refractivity contribution >= 4 is 5.82 Å². The SMILES string of the molecule is COCCN1[C@H](C)CN(c2cccc(C)n2)C[C@H]1C. The molecule has 106 valence electrons. The summed E-state index contributed by atoms with van der Waals surface area (Å²) in [5.74, 6) is 1.10. The average Bonchev–Trinajstić information content (AvgIpc) is 2.37. The third-order valence-electron chi connectivity index (χ3n) is 3.85. The second-order valence-corrected chi connectivity index (χ2v) is 5.47. The number of methoxy groups -OCH3 is 1. The first-order valence-electron chi connectivity index (χ1n) is 7.05. The summed E-state index contributed by atoms with van der Waals surface area (Å²) in [7, 11) is 1.77. The van der Waals surface area contributed by atoms with E-state index in [2.05, 4.69) is 40.8 Å². The van der Waals surface area contributed by atoms with Crippen LogP contribution in [0.15, 0.2) is 18.2 Å². The minimum atomic E-state index is 0.529. The van der Waals surface area contributed by atoms with E-state index in [0.29, 0.717) is 12.1 Å². The number of hydrogen-bond acceptors (Lipinski definition) is 4. The molecule has 1 fully saturated rings. The van der Waals surface area contributed by atoms with Gasteiger partial charge in [-0.1, -0.05) is 6.07 Å². The van der Waals surface area contributed by atoms with Gasteiger partial charge in [-0.25, -0.2) is 4.98 Å². The molecular weight excluding hydrogens is 238 g/mol. The maximum Gasteiger partial charge on any atom is 0.128 e. The van der Waals surface area contributed by atoms with Crippen molar-refractivity contribution in [3.63, 3.8) is 0 Å². The van der Waals surface area contributed by atoms with Gasteiger partial charge in [-0.3, -0.25) is 4.90 Å². The molecule has 0 amide bonds. The summed E-state index contributed by atoms with van der Waals surface area (Å²) in [6.45, 7) is 10.5. The molecule has 2 atom stereocenters. The van der Waals surface area contributed by atoms with E-state index in [1.807, 2.05) is 13.0 Å². The van der Waals surface area contributed by atoms with Crippen molar-refractivity contribution in [1.82, 2.24) is 9.88 Å². The van der Waals surface area contributed by atoms with E-state index in [1.54, 1.807) is 7.11 Å². The Morgan fingerprint density at radius 2 is 1.95 bits per heavy atom. The van der Waals surface area contributed by atoms with Crippen LogP contribution in [0.3, 0.4) is 0 Å². The molecule has 0 unspecified atom stereocenters. The molecule has 0 N–H and O–H groups in total. The number of pyridine rings is 1. The third-order valence-corrected chi connectivity index (χ3v) is 3.85. The van der Waals surface area contributed by atoms with Crippen LogP contribution in [0.1, 0.15) is 19.5 Å². The Bertz CT molecular complexity index is 398. The zero-order valence-electron chi connectivity index (χ0n) is 12.5. The molecule has 2 rings (SSSR count). The fourth-order valence-electron chi connectivity index (χ4n) is 2.89. The largest absolute Gasteiger partial charge is 0.383 e. The van der Waals surface area contributed by atoms with E-state index in [4.69, 9.17) is 4.74 Å². The van der Waals surface area contributed by atoms with Crippen molar-refractivity contribution in [2.24, 2.45) is 0 Å². The highest BCUT2D eigenvalue weighted by molar-refractivity contribution is 5.40. The molecule has 0 spiro atoms. The maximum absolute atomic E-state index is 5.20. The first-order chi connectivity index (χ1) is 9.11. The number of anilines is 1. The number of hydrogen-bond donors (Lipinski definition) is 0. The monoisotopic (exact) mass is 263 g/mol. The van der Waals surface area contributed by atoms with Gasteiger partial charge in [-0.15, -0.1) is 0 Å². The summed E-state index contributed by atoms with van der Waals surface area (Å²) >= 11 is 0. The fourth-order valence-corrected chi connectivity index (χ4v) is 2.89. The van der Waals surface area contributed by atoms with Crippen LogP contribution in [0.25, 0.3) is 0 Å². The molecule has 19 heavy (non-hydrogen) atoms. The van der Waals surface area contributed by atoms with E-state index in [0.717, 1.165) is 37.8 Å². The van der Waals surface area contributed by atoms with E-state index in [-0.39, 0.29) is 0 Å². The second kappa shape index (κ2) is 6.35. The van der Waals surface area contributed by atoms with Crippen molar-refractivity contribution in [2.75, 3.05) is 38.3 Å². The van der Waals surface area contributed by atoms with Gasteiger partial charge >= 0.3 is 0 Å². The van der Waals surface area contributed by atoms with Crippen molar-refractivity contribution in [3.8, 4) is 0 Å². The zero-order valence-corrected chi connectivity index (χ0v) is 12.5. The summed E-state index contributed by atoms with van der Waals surface area (Å²) in [5.41, 5.74) is 1.08. The molecule has 2 heterocycles. The molecule has 0 saturated carbocycles. The van der Waals surface area contributed by atoms with E-state index in [9.17, 15) is 0 Å². The van der Waals surface area contributed by atoms with Gasteiger partial charge in [0, 0.05) is 44.5 Å². The molecule has 1 saturated heterocycles. The van der Waals surface area contributed by atoms with Gasteiger partial charge in [0.25, 0.3) is 0 Å². The molecule has 1 aliphatic rings. The topological polar surface area (TPSA) is 28.6 Å². The first-order valence-corrected chi connectivity index (χ1v) is 7.05. The molecule has 0 radical (unpaired) electrons. The predicted molar refractivity (Wildman–Crippen MR) is 78.7 cm³/mol. The summed E-state index contributed by atoms with van der Waals surface area (Å²) in [6.07, 6.45) is 0. The van der Waals surface area contributed by atoms with Gasteiger partial charge in [-0.2, -0.15) is 0 Å². The molecule has 1 aliphatic heterocycles. The molecule has 1 aromatic rings. The minimum Gasteiger partial charge on any atom is -0.383 e. The predicted octanol–water partition coefficient (Wildman–Crippen LogP) is 1.94. The third kappa shape index (κ3) is 3.45. The van der Waals surface area contributed by atoms with Crippen LogP contribution in [0.4, 0.5) is 5.82 Å². The zero-order chi connectivity index (χ0) is 13.8. The van der Waals surface area contributed by atoms with Crippen LogP contribution in [0, 0.1) is 6.92 Å². The highest BCUT2D eigenvalue weighted by Gasteiger charge is 2.29. The average molecular weight is 263 g/mol. The van der Waals surface area contributed by atoms with Crippen molar-refractivity contribution in [1.29, 1.82) is 0 Å². The van der Waals surface area contributed by atoms with E-state index < -0.39 is 0 Å². The smallest absolute Gasteiger partial charge is 0.128 e. The lowest BCUT2D eigenvalue weighted by Gasteiger charge is -2.44. The molecule has 0 aromatic carbocycles. The molecule has 4 heteroatoms. The molecule has 0 aliphatic carbocycles. The summed E-state index contributed by atoms with van der Waals surface area (Å²) in [5, 5.41) is 0. The Hall–Kier alpha value is -1.13. The van der Waals surface area contributed by atoms with Crippen molar-refractivity contribution < 1.29 is 4.74 Å². The summed E-state index contributed by atoms with van der Waals surface area (Å²) in [6, 6.07) is 7.30. The van der Waals surface area contributed by atoms with Crippen LogP contribution < -0.4 is 4.90 Å². The lowest BCUT2D eigenvalue weighted by molar-refractivity contribution is 0.0844. The fraction of sp³-hybridized carbons (Fsp3) is 0.667. The lowest BCUT2D eigenvalue weighted by atomic mass is 10.1. The Morgan fingerprint density at radius 1 is 1.26 bits per heavy atom. The second-order valence-electron chi connectivity index (χ2n) is 5.47. The van der Waals surface area contributed by atoms with Gasteiger partial charge in [0.2, 0.25) is 0 Å². The number of ether oxygens (including phenoxy) is 1. The summed E-state index contributed by atoms with van der Waals surface area (Å²) < 4.78 is 5.20. The van der Waals surface area contributed by atoms with E-state index in [1.165, 1.54) is 0 Å². The number of nitrogens with zero attached hydrogens (tertiary/aromatic N) is 3. The standard InChI is InChI=1S/C15H25N3O/c1-12-6-5-7-15(16-12)17-10-13(2)18(8-9-19-4)14(3)11-17/h5-7,13-14H,8-11H2,1-4H3/t13-,14-/m1/s1. The first kappa shape index (κ1) is 14.3. The highest BCUT2D eigenvalue weighted by Crippen LogP contribution is 2.20. The molecule has 4 nitrogen and oxygen atoms in total. The highest BCUT2D eigenvalue weighted by atomic mass is 16.5. The number of aromatic nitrogens is 1. The molecule has 0 bridgehead atoms. The lowest BCUT2D eigenvalue weighted by Crippen LogP contribution is -2.57. The van der Waals surface area contributed by atoms with Crippen LogP contribution in [-0.2, 0) is 4.74 Å². The quantitative estimate of drug-likeness (QED) is 0.830. The van der Waals surface area contributed by atoms with Crippen LogP contribution in [0.5, 0.6) is 0 Å². The number of rotatable bonds is 4. The normalized spacial score (nSPS) is 24.7. The Balaban J connectivity index is 2.04. The minimum absolute atomic E-state index is 0.529. The van der Waals surface area contributed by atoms with Crippen LogP contribution in [-0.4, -0.2) is 55.3 Å². The molecule has 1 aromatic heterocycles. The van der Waals surface area contributed by atoms with Gasteiger partial charge in [-0.05, 0) is 32.9 Å². The number of aryl methyl sites for hydroxylation is 1. The van der Waals surface area contributed by atoms with Gasteiger partial charge in [0.05, 0.1) is 6.61 Å².